The lowest BCUT2D eigenvalue weighted by atomic mass is 10.1. The van der Waals surface area contributed by atoms with E-state index in [2.05, 4.69) is 22.4 Å². The molecule has 1 aromatic carbocycles. The molecule has 2 aliphatic carbocycles. The van der Waals surface area contributed by atoms with E-state index < -0.39 is 5.97 Å². The quantitative estimate of drug-likeness (QED) is 0.292. The molecule has 0 radical (unpaired) electrons. The first-order chi connectivity index (χ1) is 16.1. The van der Waals surface area contributed by atoms with Gasteiger partial charge in [-0.2, -0.15) is 0 Å². The third-order valence-corrected chi connectivity index (χ3v) is 7.76. The van der Waals surface area contributed by atoms with Gasteiger partial charge in [0.2, 0.25) is 0 Å². The standard InChI is InChI=1S/C25H21N3O3S2/c29-24(30)19-12-16(20-2-1-11-32-20)13-26-23(19)28-25-27-21(22(33-25)15-3-4-15)14-5-7-17(8-6-14)31-18-9-10-18/h1-2,5-8,11-13,15,18H,3-4,9-10H2,(H,29,30)(H,26,27,28). The Bertz CT molecular complexity index is 1310. The minimum absolute atomic E-state index is 0.132. The van der Waals surface area contributed by atoms with Crippen LogP contribution in [0.1, 0.15) is 46.8 Å². The summed E-state index contributed by atoms with van der Waals surface area (Å²) in [5, 5.41) is 15.6. The Morgan fingerprint density at radius 2 is 1.91 bits per heavy atom. The maximum atomic E-state index is 12.0. The molecule has 2 N–H and O–H groups in total. The number of carboxylic acid groups (broad SMARTS) is 1. The van der Waals surface area contributed by atoms with Crippen molar-refractivity contribution in [1.29, 1.82) is 0 Å². The molecule has 2 saturated carbocycles. The topological polar surface area (TPSA) is 84.3 Å². The highest BCUT2D eigenvalue weighted by Gasteiger charge is 2.30. The monoisotopic (exact) mass is 475 g/mol. The minimum atomic E-state index is -1.02. The molecule has 0 unspecified atom stereocenters. The maximum Gasteiger partial charge on any atom is 0.339 e. The van der Waals surface area contributed by atoms with Crippen molar-refractivity contribution in [2.75, 3.05) is 5.32 Å². The van der Waals surface area contributed by atoms with E-state index in [-0.39, 0.29) is 5.56 Å². The number of anilines is 2. The third kappa shape index (κ3) is 4.36. The van der Waals surface area contributed by atoms with Crippen LogP contribution in [0.4, 0.5) is 10.9 Å². The SMILES string of the molecule is O=C(O)c1cc(-c2cccs2)cnc1Nc1nc(-c2ccc(OC3CC3)cc2)c(C2CC2)s1. The smallest absolute Gasteiger partial charge is 0.339 e. The van der Waals surface area contributed by atoms with Crippen LogP contribution in [-0.2, 0) is 0 Å². The molecule has 2 fully saturated rings. The molecule has 0 saturated heterocycles. The number of nitrogens with zero attached hydrogens (tertiary/aromatic N) is 2. The normalized spacial score (nSPS) is 15.4. The van der Waals surface area contributed by atoms with Crippen molar-refractivity contribution >= 4 is 39.6 Å². The molecule has 3 heterocycles. The van der Waals surface area contributed by atoms with Gasteiger partial charge < -0.3 is 15.2 Å². The van der Waals surface area contributed by atoms with Crippen molar-refractivity contribution in [2.45, 2.75) is 37.7 Å². The van der Waals surface area contributed by atoms with Crippen molar-refractivity contribution in [3.05, 3.63) is 64.5 Å². The Labute approximate surface area is 198 Å². The zero-order chi connectivity index (χ0) is 22.4. The molecule has 6 nitrogen and oxygen atoms in total. The second-order valence-electron chi connectivity index (χ2n) is 8.38. The van der Waals surface area contributed by atoms with Crippen molar-refractivity contribution in [3.8, 4) is 27.4 Å². The van der Waals surface area contributed by atoms with Crippen LogP contribution in [0.25, 0.3) is 21.7 Å². The molecular formula is C25H21N3O3S2. The number of benzene rings is 1. The first-order valence-corrected chi connectivity index (χ1v) is 12.7. The van der Waals surface area contributed by atoms with Gasteiger partial charge in [0, 0.05) is 27.1 Å². The Hall–Kier alpha value is -3.23. The van der Waals surface area contributed by atoms with Gasteiger partial charge in [-0.25, -0.2) is 14.8 Å². The zero-order valence-corrected chi connectivity index (χ0v) is 19.3. The first kappa shape index (κ1) is 20.4. The highest BCUT2D eigenvalue weighted by atomic mass is 32.1. The van der Waals surface area contributed by atoms with Crippen molar-refractivity contribution in [3.63, 3.8) is 0 Å². The Morgan fingerprint density at radius 3 is 2.58 bits per heavy atom. The molecule has 0 spiro atoms. The summed E-state index contributed by atoms with van der Waals surface area (Å²) in [5.41, 5.74) is 2.92. The second-order valence-corrected chi connectivity index (χ2v) is 10.4. The fourth-order valence-corrected chi connectivity index (χ4v) is 5.55. The lowest BCUT2D eigenvalue weighted by Gasteiger charge is -2.08. The number of thiophene rings is 1. The molecule has 0 bridgehead atoms. The number of pyridine rings is 1. The third-order valence-electron chi connectivity index (χ3n) is 5.71. The van der Waals surface area contributed by atoms with Crippen LogP contribution < -0.4 is 10.1 Å². The van der Waals surface area contributed by atoms with Crippen molar-refractivity contribution in [1.82, 2.24) is 9.97 Å². The molecule has 33 heavy (non-hydrogen) atoms. The summed E-state index contributed by atoms with van der Waals surface area (Å²) in [7, 11) is 0. The Morgan fingerprint density at radius 1 is 1.09 bits per heavy atom. The number of nitrogens with one attached hydrogen (secondary N) is 1. The van der Waals surface area contributed by atoms with Gasteiger partial charge in [-0.1, -0.05) is 6.07 Å². The second kappa shape index (κ2) is 8.28. The van der Waals surface area contributed by atoms with Crippen LogP contribution in [0.5, 0.6) is 5.75 Å². The summed E-state index contributed by atoms with van der Waals surface area (Å²) in [4.78, 5) is 23.5. The average molecular weight is 476 g/mol. The minimum Gasteiger partial charge on any atom is -0.490 e. The predicted molar refractivity (Wildman–Crippen MR) is 131 cm³/mol. The summed E-state index contributed by atoms with van der Waals surface area (Å²) in [6.45, 7) is 0. The van der Waals surface area contributed by atoms with Crippen LogP contribution >= 0.6 is 22.7 Å². The molecule has 2 aliphatic rings. The van der Waals surface area contributed by atoms with E-state index in [0.29, 0.717) is 23.0 Å². The lowest BCUT2D eigenvalue weighted by Crippen LogP contribution is -2.05. The van der Waals surface area contributed by atoms with Crippen LogP contribution in [0.2, 0.25) is 0 Å². The number of aromatic nitrogens is 2. The van der Waals surface area contributed by atoms with E-state index >= 15 is 0 Å². The van der Waals surface area contributed by atoms with Gasteiger partial charge in [0.15, 0.2) is 5.13 Å². The van der Waals surface area contributed by atoms with Gasteiger partial charge in [0.1, 0.15) is 17.1 Å². The number of carboxylic acids is 1. The molecule has 166 valence electrons. The summed E-state index contributed by atoms with van der Waals surface area (Å²) in [6.07, 6.45) is 6.66. The lowest BCUT2D eigenvalue weighted by molar-refractivity contribution is 0.0697. The predicted octanol–water partition coefficient (Wildman–Crippen LogP) is 6.79. The van der Waals surface area contributed by atoms with Gasteiger partial charge in [-0.3, -0.25) is 0 Å². The van der Waals surface area contributed by atoms with E-state index in [0.717, 1.165) is 53.1 Å². The van der Waals surface area contributed by atoms with Crippen LogP contribution in [0.15, 0.2) is 54.0 Å². The number of aromatic carboxylic acids is 1. The highest BCUT2D eigenvalue weighted by Crippen LogP contribution is 2.49. The van der Waals surface area contributed by atoms with E-state index in [1.807, 2.05) is 29.6 Å². The van der Waals surface area contributed by atoms with Gasteiger partial charge in [0.05, 0.1) is 11.8 Å². The number of carbonyl (C=O) groups is 1. The molecular weight excluding hydrogens is 454 g/mol. The molecule has 4 aromatic rings. The summed E-state index contributed by atoms with van der Waals surface area (Å²) in [6, 6.07) is 13.7. The van der Waals surface area contributed by atoms with Crippen LogP contribution in [0.3, 0.4) is 0 Å². The fraction of sp³-hybridized carbons (Fsp3) is 0.240. The van der Waals surface area contributed by atoms with Gasteiger partial charge >= 0.3 is 5.97 Å². The molecule has 0 amide bonds. The fourth-order valence-electron chi connectivity index (χ4n) is 3.69. The summed E-state index contributed by atoms with van der Waals surface area (Å²) >= 11 is 3.14. The Kier molecular flexibility index (Phi) is 5.11. The number of hydrogen-bond acceptors (Lipinski definition) is 7. The molecule has 6 rings (SSSR count). The van der Waals surface area contributed by atoms with Crippen LogP contribution in [-0.4, -0.2) is 27.1 Å². The number of rotatable bonds is 8. The number of ether oxygens (including phenoxy) is 1. The first-order valence-electron chi connectivity index (χ1n) is 11.0. The van der Waals surface area contributed by atoms with E-state index in [1.165, 1.54) is 4.88 Å². The number of thiazole rings is 1. The van der Waals surface area contributed by atoms with E-state index in [4.69, 9.17) is 9.72 Å². The molecule has 3 aromatic heterocycles. The summed E-state index contributed by atoms with van der Waals surface area (Å²) in [5.74, 6) is 0.694. The number of hydrogen-bond donors (Lipinski definition) is 2. The molecule has 8 heteroatoms. The van der Waals surface area contributed by atoms with Crippen LogP contribution in [0, 0.1) is 0 Å². The largest absolute Gasteiger partial charge is 0.490 e. The molecule has 0 atom stereocenters. The van der Waals surface area contributed by atoms with Crippen molar-refractivity contribution < 1.29 is 14.6 Å². The zero-order valence-electron chi connectivity index (χ0n) is 17.7. The summed E-state index contributed by atoms with van der Waals surface area (Å²) < 4.78 is 5.87. The maximum absolute atomic E-state index is 12.0. The van der Waals surface area contributed by atoms with E-state index in [1.54, 1.807) is 34.9 Å². The van der Waals surface area contributed by atoms with E-state index in [9.17, 15) is 9.90 Å². The Balaban J connectivity index is 1.30. The van der Waals surface area contributed by atoms with Gasteiger partial charge in [0.25, 0.3) is 0 Å². The molecule has 0 aliphatic heterocycles. The highest BCUT2D eigenvalue weighted by molar-refractivity contribution is 7.16. The average Bonchev–Trinajstić information content (AvgIpc) is 3.74. The van der Waals surface area contributed by atoms with Crippen molar-refractivity contribution in [2.24, 2.45) is 0 Å². The van der Waals surface area contributed by atoms with Gasteiger partial charge in [-0.05, 0) is 73.4 Å². The van der Waals surface area contributed by atoms with Gasteiger partial charge in [-0.15, -0.1) is 22.7 Å².